The second-order valence-electron chi connectivity index (χ2n) is 4.64. The highest BCUT2D eigenvalue weighted by atomic mass is 16.1. The van der Waals surface area contributed by atoms with E-state index in [1.165, 1.54) is 0 Å². The summed E-state index contributed by atoms with van der Waals surface area (Å²) in [6.45, 7) is 1.59. The number of nitrogens with zero attached hydrogens (tertiary/aromatic N) is 1. The molecule has 1 heterocycles. The summed E-state index contributed by atoms with van der Waals surface area (Å²) >= 11 is 0. The second kappa shape index (κ2) is 5.67. The van der Waals surface area contributed by atoms with E-state index >= 15 is 0 Å². The fraction of sp³-hybridized carbons (Fsp3) is 0.429. The molecular weight excluding hydrogens is 228 g/mol. The van der Waals surface area contributed by atoms with Gasteiger partial charge in [-0.1, -0.05) is 12.1 Å². The van der Waals surface area contributed by atoms with Crippen LogP contribution in [0.25, 0.3) is 0 Å². The van der Waals surface area contributed by atoms with Crippen molar-refractivity contribution in [1.29, 1.82) is 0 Å². The van der Waals surface area contributed by atoms with E-state index in [4.69, 9.17) is 0 Å². The molecule has 1 N–H and O–H groups in total. The summed E-state index contributed by atoms with van der Waals surface area (Å²) in [4.78, 5) is 24.2. The largest absolute Gasteiger partial charge is 0.355 e. The lowest BCUT2D eigenvalue weighted by molar-refractivity contribution is -0.119. The van der Waals surface area contributed by atoms with Gasteiger partial charge in [0.1, 0.15) is 0 Å². The fourth-order valence-electron chi connectivity index (χ4n) is 2.45. The van der Waals surface area contributed by atoms with E-state index in [-0.39, 0.29) is 5.91 Å². The first kappa shape index (κ1) is 12.6. The van der Waals surface area contributed by atoms with Gasteiger partial charge in [-0.2, -0.15) is 0 Å². The van der Waals surface area contributed by atoms with Gasteiger partial charge in [-0.15, -0.1) is 0 Å². The lowest BCUT2D eigenvalue weighted by Crippen LogP contribution is -2.33. The lowest BCUT2D eigenvalue weighted by atomic mass is 9.90. The van der Waals surface area contributed by atoms with Gasteiger partial charge in [0.15, 0.2) is 0 Å². The second-order valence-corrected chi connectivity index (χ2v) is 4.64. The predicted molar refractivity (Wildman–Crippen MR) is 69.4 cm³/mol. The van der Waals surface area contributed by atoms with Crippen molar-refractivity contribution in [2.75, 3.05) is 20.1 Å². The van der Waals surface area contributed by atoms with Gasteiger partial charge in [0, 0.05) is 31.6 Å². The molecule has 0 aromatic heterocycles. The number of carbonyl (C=O) groups is 2. The van der Waals surface area contributed by atoms with Crippen LogP contribution in [-0.4, -0.2) is 37.4 Å². The smallest absolute Gasteiger partial charge is 0.251 e. The molecule has 1 aromatic rings. The van der Waals surface area contributed by atoms with E-state index < -0.39 is 0 Å². The third-order valence-electron chi connectivity index (χ3n) is 3.45. The van der Waals surface area contributed by atoms with Crippen LogP contribution in [-0.2, 0) is 4.79 Å². The molecule has 0 unspecified atom stereocenters. The van der Waals surface area contributed by atoms with Crippen LogP contribution in [0.3, 0.4) is 0 Å². The van der Waals surface area contributed by atoms with Crippen molar-refractivity contribution in [2.45, 2.75) is 18.8 Å². The predicted octanol–water partition coefficient (Wildman–Crippen LogP) is 1.38. The van der Waals surface area contributed by atoms with Crippen molar-refractivity contribution in [1.82, 2.24) is 10.2 Å². The summed E-state index contributed by atoms with van der Waals surface area (Å²) in [6.07, 6.45) is 3.00. The number of nitrogens with one attached hydrogen (secondary N) is 1. The molecule has 4 heteroatoms. The molecule has 0 aliphatic carbocycles. The summed E-state index contributed by atoms with van der Waals surface area (Å²) in [5.41, 5.74) is 1.82. The summed E-state index contributed by atoms with van der Waals surface area (Å²) in [6, 6.07) is 7.67. The zero-order valence-corrected chi connectivity index (χ0v) is 10.6. The Morgan fingerprint density at radius 2 is 2.33 bits per heavy atom. The van der Waals surface area contributed by atoms with E-state index in [2.05, 4.69) is 5.32 Å². The number of amides is 2. The average Bonchev–Trinajstić information content (AvgIpc) is 2.46. The maximum absolute atomic E-state index is 11.6. The zero-order valence-electron chi connectivity index (χ0n) is 10.6. The molecule has 0 saturated carbocycles. The van der Waals surface area contributed by atoms with Crippen molar-refractivity contribution in [3.05, 3.63) is 35.4 Å². The highest BCUT2D eigenvalue weighted by Crippen LogP contribution is 2.26. The lowest BCUT2D eigenvalue weighted by Gasteiger charge is -2.30. The van der Waals surface area contributed by atoms with Crippen LogP contribution >= 0.6 is 0 Å². The monoisotopic (exact) mass is 246 g/mol. The normalized spacial score (nSPS) is 19.4. The molecule has 2 amide bonds. The number of rotatable bonds is 3. The van der Waals surface area contributed by atoms with E-state index in [0.717, 1.165) is 37.9 Å². The first-order chi connectivity index (χ1) is 8.74. The Morgan fingerprint density at radius 1 is 1.50 bits per heavy atom. The molecule has 1 aromatic carbocycles. The number of hydrogen-bond acceptors (Lipinski definition) is 2. The maximum Gasteiger partial charge on any atom is 0.251 e. The van der Waals surface area contributed by atoms with Crippen molar-refractivity contribution in [3.8, 4) is 0 Å². The molecule has 0 spiro atoms. The number of carbonyl (C=O) groups excluding carboxylic acids is 2. The standard InChI is InChI=1S/C14H18N2O2/c1-15-14(18)12-5-2-4-11(8-12)13-6-3-7-16(9-13)10-17/h2,4-5,8,10,13H,3,6-7,9H2,1H3,(H,15,18)/t13-/m0/s1. The minimum Gasteiger partial charge on any atom is -0.355 e. The van der Waals surface area contributed by atoms with Crippen molar-refractivity contribution in [2.24, 2.45) is 0 Å². The Morgan fingerprint density at radius 3 is 3.06 bits per heavy atom. The highest BCUT2D eigenvalue weighted by molar-refractivity contribution is 5.94. The topological polar surface area (TPSA) is 49.4 Å². The van der Waals surface area contributed by atoms with Crippen LogP contribution in [0.5, 0.6) is 0 Å². The van der Waals surface area contributed by atoms with Gasteiger partial charge in [0.2, 0.25) is 6.41 Å². The summed E-state index contributed by atoms with van der Waals surface area (Å²) < 4.78 is 0. The number of piperidine rings is 1. The molecule has 1 fully saturated rings. The number of likely N-dealkylation sites (tertiary alicyclic amines) is 1. The summed E-state index contributed by atoms with van der Waals surface area (Å²) in [5.74, 6) is 0.272. The molecule has 1 atom stereocenters. The Labute approximate surface area is 107 Å². The zero-order chi connectivity index (χ0) is 13.0. The van der Waals surface area contributed by atoms with Gasteiger partial charge < -0.3 is 10.2 Å². The van der Waals surface area contributed by atoms with Gasteiger partial charge in [-0.05, 0) is 30.5 Å². The molecular formula is C14H18N2O2. The third-order valence-corrected chi connectivity index (χ3v) is 3.45. The van der Waals surface area contributed by atoms with Gasteiger partial charge in [0.25, 0.3) is 5.91 Å². The van der Waals surface area contributed by atoms with Gasteiger partial charge in [0.05, 0.1) is 0 Å². The van der Waals surface area contributed by atoms with Crippen LogP contribution in [0.15, 0.2) is 24.3 Å². The summed E-state index contributed by atoms with van der Waals surface area (Å²) in [5, 5.41) is 2.63. The minimum atomic E-state index is -0.0695. The number of hydrogen-bond donors (Lipinski definition) is 1. The van der Waals surface area contributed by atoms with E-state index in [1.54, 1.807) is 11.9 Å². The Bertz CT molecular complexity index is 445. The molecule has 18 heavy (non-hydrogen) atoms. The Balaban J connectivity index is 2.17. The molecule has 0 radical (unpaired) electrons. The average molecular weight is 246 g/mol. The first-order valence-corrected chi connectivity index (χ1v) is 6.26. The van der Waals surface area contributed by atoms with Crippen LogP contribution in [0.2, 0.25) is 0 Å². The summed E-state index contributed by atoms with van der Waals surface area (Å²) in [7, 11) is 1.63. The molecule has 4 nitrogen and oxygen atoms in total. The Kier molecular flexibility index (Phi) is 3.97. The minimum absolute atomic E-state index is 0.0695. The third kappa shape index (κ3) is 2.70. The first-order valence-electron chi connectivity index (χ1n) is 6.26. The molecule has 1 saturated heterocycles. The quantitative estimate of drug-likeness (QED) is 0.819. The van der Waals surface area contributed by atoms with Gasteiger partial charge >= 0.3 is 0 Å². The van der Waals surface area contributed by atoms with E-state index in [9.17, 15) is 9.59 Å². The molecule has 1 aliphatic heterocycles. The van der Waals surface area contributed by atoms with Crippen LogP contribution in [0.4, 0.5) is 0 Å². The fourth-order valence-corrected chi connectivity index (χ4v) is 2.45. The van der Waals surface area contributed by atoms with Crippen molar-refractivity contribution in [3.63, 3.8) is 0 Å². The van der Waals surface area contributed by atoms with Gasteiger partial charge in [-0.25, -0.2) is 0 Å². The molecule has 0 bridgehead atoms. The van der Waals surface area contributed by atoms with Crippen LogP contribution in [0, 0.1) is 0 Å². The Hall–Kier alpha value is -1.84. The van der Waals surface area contributed by atoms with Crippen molar-refractivity contribution >= 4 is 12.3 Å². The van der Waals surface area contributed by atoms with Gasteiger partial charge in [-0.3, -0.25) is 9.59 Å². The van der Waals surface area contributed by atoms with E-state index in [1.807, 2.05) is 24.3 Å². The van der Waals surface area contributed by atoms with Crippen LogP contribution < -0.4 is 5.32 Å². The SMILES string of the molecule is CNC(=O)c1cccc([C@H]2CCCN(C=O)C2)c1. The van der Waals surface area contributed by atoms with E-state index in [0.29, 0.717) is 11.5 Å². The molecule has 96 valence electrons. The maximum atomic E-state index is 11.6. The highest BCUT2D eigenvalue weighted by Gasteiger charge is 2.20. The molecule has 1 aliphatic rings. The van der Waals surface area contributed by atoms with Crippen molar-refractivity contribution < 1.29 is 9.59 Å². The molecule has 2 rings (SSSR count). The van der Waals surface area contributed by atoms with Crippen LogP contribution in [0.1, 0.15) is 34.7 Å². The number of benzene rings is 1.